The second-order valence-electron chi connectivity index (χ2n) is 3.94. The van der Waals surface area contributed by atoms with E-state index in [0.29, 0.717) is 0 Å². The van der Waals surface area contributed by atoms with Gasteiger partial charge in [-0.1, -0.05) is 15.9 Å². The topological polar surface area (TPSA) is 26.0 Å². The molecule has 17 heavy (non-hydrogen) atoms. The van der Waals surface area contributed by atoms with Crippen LogP contribution in [0, 0.1) is 6.92 Å². The average molecular weight is 288 g/mol. The van der Waals surface area contributed by atoms with Gasteiger partial charge in [-0.25, -0.2) is 0 Å². The number of rotatable bonds is 1. The Kier molecular flexibility index (Phi) is 2.48. The van der Waals surface area contributed by atoms with Crippen molar-refractivity contribution in [2.75, 3.05) is 0 Å². The third-order valence-electron chi connectivity index (χ3n) is 2.82. The van der Waals surface area contributed by atoms with Crippen molar-refractivity contribution >= 4 is 26.9 Å². The standard InChI is InChI=1S/C14H10BrNO/c1-9-12-5-4-11(15)7-13(12)17-14(9)10-3-2-6-16-8-10/h2-8H,1H3. The lowest BCUT2D eigenvalue weighted by Crippen LogP contribution is -1.78. The number of hydrogen-bond donors (Lipinski definition) is 0. The number of fused-ring (bicyclic) bond motifs is 1. The molecule has 0 saturated heterocycles. The van der Waals surface area contributed by atoms with E-state index in [0.717, 1.165) is 32.3 Å². The van der Waals surface area contributed by atoms with Crippen LogP contribution in [0.4, 0.5) is 0 Å². The van der Waals surface area contributed by atoms with Crippen molar-refractivity contribution in [3.8, 4) is 11.3 Å². The van der Waals surface area contributed by atoms with Gasteiger partial charge in [0.05, 0.1) is 0 Å². The maximum atomic E-state index is 5.90. The van der Waals surface area contributed by atoms with Crippen molar-refractivity contribution in [3.63, 3.8) is 0 Å². The van der Waals surface area contributed by atoms with Crippen LogP contribution in [-0.2, 0) is 0 Å². The largest absolute Gasteiger partial charge is 0.456 e. The number of pyridine rings is 1. The van der Waals surface area contributed by atoms with Crippen LogP contribution in [0.2, 0.25) is 0 Å². The number of halogens is 1. The molecule has 0 saturated carbocycles. The van der Waals surface area contributed by atoms with Gasteiger partial charge in [0, 0.05) is 33.4 Å². The van der Waals surface area contributed by atoms with Gasteiger partial charge in [-0.2, -0.15) is 0 Å². The van der Waals surface area contributed by atoms with Crippen LogP contribution in [0.5, 0.6) is 0 Å². The van der Waals surface area contributed by atoms with E-state index in [-0.39, 0.29) is 0 Å². The summed E-state index contributed by atoms with van der Waals surface area (Å²) < 4.78 is 6.92. The van der Waals surface area contributed by atoms with Crippen molar-refractivity contribution in [2.24, 2.45) is 0 Å². The number of nitrogens with zero attached hydrogens (tertiary/aromatic N) is 1. The zero-order valence-electron chi connectivity index (χ0n) is 9.27. The monoisotopic (exact) mass is 287 g/mol. The quantitative estimate of drug-likeness (QED) is 0.655. The Bertz CT molecular complexity index is 673. The molecule has 0 bridgehead atoms. The van der Waals surface area contributed by atoms with E-state index in [2.05, 4.69) is 33.9 Å². The third-order valence-corrected chi connectivity index (χ3v) is 3.32. The van der Waals surface area contributed by atoms with E-state index >= 15 is 0 Å². The van der Waals surface area contributed by atoms with Crippen molar-refractivity contribution in [2.45, 2.75) is 6.92 Å². The molecule has 0 unspecified atom stereocenters. The number of hydrogen-bond acceptors (Lipinski definition) is 2. The molecule has 0 radical (unpaired) electrons. The SMILES string of the molecule is Cc1c(-c2cccnc2)oc2cc(Br)ccc12. The van der Waals surface area contributed by atoms with E-state index in [9.17, 15) is 0 Å². The number of aryl methyl sites for hydroxylation is 1. The van der Waals surface area contributed by atoms with Crippen LogP contribution in [-0.4, -0.2) is 4.98 Å². The summed E-state index contributed by atoms with van der Waals surface area (Å²) in [5.74, 6) is 0.895. The summed E-state index contributed by atoms with van der Waals surface area (Å²) in [5.41, 5.74) is 3.06. The summed E-state index contributed by atoms with van der Waals surface area (Å²) in [5, 5.41) is 1.15. The van der Waals surface area contributed by atoms with Crippen LogP contribution in [0.1, 0.15) is 5.56 Å². The Hall–Kier alpha value is -1.61. The zero-order valence-corrected chi connectivity index (χ0v) is 10.9. The van der Waals surface area contributed by atoms with Crippen molar-refractivity contribution in [3.05, 3.63) is 52.8 Å². The Morgan fingerprint density at radius 2 is 2.12 bits per heavy atom. The molecule has 0 fully saturated rings. The minimum atomic E-state index is 0.895. The first kappa shape index (κ1) is 10.5. The minimum Gasteiger partial charge on any atom is -0.456 e. The highest BCUT2D eigenvalue weighted by Crippen LogP contribution is 2.33. The first-order valence-electron chi connectivity index (χ1n) is 5.35. The van der Waals surface area contributed by atoms with Gasteiger partial charge in [0.2, 0.25) is 0 Å². The second kappa shape index (κ2) is 4.00. The highest BCUT2D eigenvalue weighted by Gasteiger charge is 2.12. The molecule has 0 spiro atoms. The lowest BCUT2D eigenvalue weighted by Gasteiger charge is -1.96. The van der Waals surface area contributed by atoms with Gasteiger partial charge in [0.25, 0.3) is 0 Å². The summed E-state index contributed by atoms with van der Waals surface area (Å²) in [6, 6.07) is 10.0. The normalized spacial score (nSPS) is 10.9. The lowest BCUT2D eigenvalue weighted by molar-refractivity contribution is 0.628. The molecular formula is C14H10BrNO. The predicted molar refractivity (Wildman–Crippen MR) is 71.9 cm³/mol. The minimum absolute atomic E-state index is 0.895. The molecule has 2 aromatic heterocycles. The summed E-state index contributed by atoms with van der Waals surface area (Å²) in [6.45, 7) is 2.07. The Labute approximate surface area is 107 Å². The maximum absolute atomic E-state index is 5.90. The highest BCUT2D eigenvalue weighted by atomic mass is 79.9. The maximum Gasteiger partial charge on any atom is 0.139 e. The summed E-state index contributed by atoms with van der Waals surface area (Å²) >= 11 is 3.45. The second-order valence-corrected chi connectivity index (χ2v) is 4.85. The van der Waals surface area contributed by atoms with Crippen molar-refractivity contribution in [1.29, 1.82) is 0 Å². The molecule has 0 amide bonds. The molecule has 3 rings (SSSR count). The van der Waals surface area contributed by atoms with Crippen molar-refractivity contribution in [1.82, 2.24) is 4.98 Å². The molecule has 3 heteroatoms. The van der Waals surface area contributed by atoms with Gasteiger partial charge in [0.15, 0.2) is 0 Å². The first-order valence-corrected chi connectivity index (χ1v) is 6.14. The van der Waals surface area contributed by atoms with E-state index < -0.39 is 0 Å². The molecule has 84 valence electrons. The molecule has 3 aromatic rings. The molecule has 1 aromatic carbocycles. The zero-order chi connectivity index (χ0) is 11.8. The fourth-order valence-corrected chi connectivity index (χ4v) is 2.31. The Morgan fingerprint density at radius 1 is 1.24 bits per heavy atom. The van der Waals surface area contributed by atoms with E-state index in [1.807, 2.05) is 30.5 Å². The van der Waals surface area contributed by atoms with Crippen LogP contribution in [0.25, 0.3) is 22.3 Å². The fraction of sp³-hybridized carbons (Fsp3) is 0.0714. The third kappa shape index (κ3) is 1.76. The van der Waals surface area contributed by atoms with Gasteiger partial charge in [-0.15, -0.1) is 0 Å². The Balaban J connectivity index is 2.28. The van der Waals surface area contributed by atoms with Crippen molar-refractivity contribution < 1.29 is 4.42 Å². The summed E-state index contributed by atoms with van der Waals surface area (Å²) in [4.78, 5) is 4.12. The number of furan rings is 1. The lowest BCUT2D eigenvalue weighted by atomic mass is 10.1. The molecule has 2 heterocycles. The molecular weight excluding hydrogens is 278 g/mol. The molecule has 0 N–H and O–H groups in total. The summed E-state index contributed by atoms with van der Waals surface area (Å²) in [6.07, 6.45) is 3.58. The molecule has 2 nitrogen and oxygen atoms in total. The highest BCUT2D eigenvalue weighted by molar-refractivity contribution is 9.10. The van der Waals surface area contributed by atoms with Crippen LogP contribution in [0.15, 0.2) is 51.6 Å². The molecule has 0 aliphatic carbocycles. The smallest absolute Gasteiger partial charge is 0.139 e. The number of benzene rings is 1. The van der Waals surface area contributed by atoms with Crippen LogP contribution < -0.4 is 0 Å². The van der Waals surface area contributed by atoms with E-state index in [1.165, 1.54) is 0 Å². The fourth-order valence-electron chi connectivity index (χ4n) is 1.97. The summed E-state index contributed by atoms with van der Waals surface area (Å²) in [7, 11) is 0. The van der Waals surface area contributed by atoms with Gasteiger partial charge < -0.3 is 4.42 Å². The van der Waals surface area contributed by atoms with Crippen LogP contribution in [0.3, 0.4) is 0 Å². The van der Waals surface area contributed by atoms with E-state index in [4.69, 9.17) is 4.42 Å². The van der Waals surface area contributed by atoms with Gasteiger partial charge in [-0.3, -0.25) is 4.98 Å². The average Bonchev–Trinajstić information content (AvgIpc) is 2.67. The molecule has 0 atom stereocenters. The van der Waals surface area contributed by atoms with Gasteiger partial charge >= 0.3 is 0 Å². The molecule has 0 aliphatic heterocycles. The Morgan fingerprint density at radius 3 is 2.88 bits per heavy atom. The van der Waals surface area contributed by atoms with E-state index in [1.54, 1.807) is 6.20 Å². The van der Waals surface area contributed by atoms with Crippen LogP contribution >= 0.6 is 15.9 Å². The van der Waals surface area contributed by atoms with Gasteiger partial charge in [0.1, 0.15) is 11.3 Å². The predicted octanol–water partition coefficient (Wildman–Crippen LogP) is 4.57. The first-order chi connectivity index (χ1) is 8.25. The molecule has 0 aliphatic rings. The number of aromatic nitrogens is 1. The van der Waals surface area contributed by atoms with Gasteiger partial charge in [-0.05, 0) is 37.3 Å².